The van der Waals surface area contributed by atoms with Gasteiger partial charge in [0.2, 0.25) is 5.91 Å². The highest BCUT2D eigenvalue weighted by Gasteiger charge is 2.25. The quantitative estimate of drug-likeness (QED) is 0.716. The number of ether oxygens (including phenoxy) is 1. The van der Waals surface area contributed by atoms with Crippen molar-refractivity contribution in [3.05, 3.63) is 35.4 Å². The molecule has 0 unspecified atom stereocenters. The van der Waals surface area contributed by atoms with Crippen molar-refractivity contribution in [3.63, 3.8) is 0 Å². The van der Waals surface area contributed by atoms with Gasteiger partial charge < -0.3 is 20.3 Å². The van der Waals surface area contributed by atoms with Gasteiger partial charge in [0.15, 0.2) is 0 Å². The van der Waals surface area contributed by atoms with E-state index in [1.54, 1.807) is 11.8 Å². The summed E-state index contributed by atoms with van der Waals surface area (Å²) in [6, 6.07) is 8.87. The fourth-order valence-electron chi connectivity index (χ4n) is 3.60. The summed E-state index contributed by atoms with van der Waals surface area (Å²) in [5.41, 5.74) is 2.53. The van der Waals surface area contributed by atoms with Gasteiger partial charge in [0, 0.05) is 25.2 Å². The third-order valence-electron chi connectivity index (χ3n) is 5.28. The van der Waals surface area contributed by atoms with E-state index in [0.29, 0.717) is 25.6 Å². The molecule has 6 nitrogen and oxygen atoms in total. The lowest BCUT2D eigenvalue weighted by molar-refractivity contribution is -0.121. The molecule has 156 valence electrons. The number of carbonyl (C=O) groups excluding carboxylic acids is 2. The van der Waals surface area contributed by atoms with E-state index >= 15 is 0 Å². The molecule has 1 fully saturated rings. The van der Waals surface area contributed by atoms with Crippen LogP contribution in [0.2, 0.25) is 0 Å². The van der Waals surface area contributed by atoms with Gasteiger partial charge in [0.25, 0.3) is 0 Å². The number of hydrogen-bond acceptors (Lipinski definition) is 4. The molecule has 0 aliphatic carbocycles. The van der Waals surface area contributed by atoms with Crippen LogP contribution in [0.5, 0.6) is 0 Å². The van der Waals surface area contributed by atoms with Crippen LogP contribution in [-0.4, -0.2) is 49.2 Å². The molecule has 1 aromatic carbocycles. The van der Waals surface area contributed by atoms with Crippen molar-refractivity contribution in [1.29, 1.82) is 0 Å². The van der Waals surface area contributed by atoms with Gasteiger partial charge in [-0.15, -0.1) is 0 Å². The summed E-state index contributed by atoms with van der Waals surface area (Å²) in [6.07, 6.45) is 2.29. The molecule has 0 radical (unpaired) electrons. The number of nitrogens with zero attached hydrogens (tertiary/aromatic N) is 1. The Kier molecular flexibility index (Phi) is 8.77. The van der Waals surface area contributed by atoms with E-state index in [-0.39, 0.29) is 30.6 Å². The van der Waals surface area contributed by atoms with Crippen LogP contribution in [0, 0.1) is 5.92 Å². The minimum absolute atomic E-state index is 0.00501. The molecule has 1 aliphatic heterocycles. The van der Waals surface area contributed by atoms with E-state index in [0.717, 1.165) is 19.3 Å². The summed E-state index contributed by atoms with van der Waals surface area (Å²) in [4.78, 5) is 25.9. The zero-order chi connectivity index (χ0) is 20.5. The van der Waals surface area contributed by atoms with E-state index < -0.39 is 0 Å². The second-order valence-electron chi connectivity index (χ2n) is 7.73. The van der Waals surface area contributed by atoms with Crippen molar-refractivity contribution in [2.45, 2.75) is 59.0 Å². The smallest absolute Gasteiger partial charge is 0.409 e. The van der Waals surface area contributed by atoms with Crippen LogP contribution in [0.4, 0.5) is 4.79 Å². The molecular weight excluding hydrogens is 354 g/mol. The lowest BCUT2D eigenvalue weighted by Crippen LogP contribution is -2.48. The van der Waals surface area contributed by atoms with Gasteiger partial charge in [-0.05, 0) is 43.2 Å². The van der Waals surface area contributed by atoms with Crippen molar-refractivity contribution < 1.29 is 14.3 Å². The molecular formula is C22H35N3O3. The summed E-state index contributed by atoms with van der Waals surface area (Å²) in [5.74, 6) is 0.388. The Hall–Kier alpha value is -2.08. The van der Waals surface area contributed by atoms with Crippen LogP contribution in [0.1, 0.15) is 57.7 Å². The minimum Gasteiger partial charge on any atom is -0.450 e. The molecule has 1 saturated heterocycles. The molecule has 0 aromatic heterocycles. The fourth-order valence-corrected chi connectivity index (χ4v) is 3.60. The van der Waals surface area contributed by atoms with Crippen molar-refractivity contribution >= 4 is 12.0 Å². The standard InChI is InChI=1S/C22H35N3O3/c1-5-17-7-9-18(10-8-17)21(16(3)4)23-15-20(26)24-19-11-13-25(14-12-19)22(27)28-6-2/h7-10,16,19,21,23H,5-6,11-15H2,1-4H3,(H,24,26)/t21-/m0/s1. The summed E-state index contributed by atoms with van der Waals surface area (Å²) in [6.45, 7) is 10.2. The van der Waals surface area contributed by atoms with Gasteiger partial charge in [-0.1, -0.05) is 45.0 Å². The summed E-state index contributed by atoms with van der Waals surface area (Å²) in [7, 11) is 0. The molecule has 2 N–H and O–H groups in total. The van der Waals surface area contributed by atoms with E-state index in [9.17, 15) is 9.59 Å². The summed E-state index contributed by atoms with van der Waals surface area (Å²) >= 11 is 0. The first-order valence-electron chi connectivity index (χ1n) is 10.5. The number of aryl methyl sites for hydroxylation is 1. The third-order valence-corrected chi connectivity index (χ3v) is 5.28. The second kappa shape index (κ2) is 11.1. The predicted octanol–water partition coefficient (Wildman–Crippen LogP) is 3.27. The molecule has 2 rings (SSSR count). The number of likely N-dealkylation sites (tertiary alicyclic amines) is 1. The third kappa shape index (κ3) is 6.51. The summed E-state index contributed by atoms with van der Waals surface area (Å²) in [5, 5.41) is 6.50. The Labute approximate surface area is 169 Å². The Bertz CT molecular complexity index is 622. The summed E-state index contributed by atoms with van der Waals surface area (Å²) < 4.78 is 5.03. The largest absolute Gasteiger partial charge is 0.450 e. The number of benzene rings is 1. The van der Waals surface area contributed by atoms with Crippen LogP contribution < -0.4 is 10.6 Å². The molecule has 1 aliphatic rings. The van der Waals surface area contributed by atoms with Gasteiger partial charge in [-0.2, -0.15) is 0 Å². The average Bonchev–Trinajstić information content (AvgIpc) is 2.69. The molecule has 0 spiro atoms. The van der Waals surface area contributed by atoms with Gasteiger partial charge in [0.1, 0.15) is 0 Å². The van der Waals surface area contributed by atoms with Crippen LogP contribution in [-0.2, 0) is 16.0 Å². The van der Waals surface area contributed by atoms with Gasteiger partial charge in [-0.3, -0.25) is 4.79 Å². The van der Waals surface area contributed by atoms with Crippen molar-refractivity contribution in [3.8, 4) is 0 Å². The number of amides is 2. The lowest BCUT2D eigenvalue weighted by Gasteiger charge is -2.32. The molecule has 1 atom stereocenters. The highest BCUT2D eigenvalue weighted by atomic mass is 16.6. The maximum atomic E-state index is 12.4. The van der Waals surface area contributed by atoms with Crippen molar-refractivity contribution in [2.75, 3.05) is 26.2 Å². The van der Waals surface area contributed by atoms with Crippen molar-refractivity contribution in [1.82, 2.24) is 15.5 Å². The number of hydrogen-bond donors (Lipinski definition) is 2. The molecule has 6 heteroatoms. The van der Waals surface area contributed by atoms with E-state index in [1.807, 2.05) is 0 Å². The van der Waals surface area contributed by atoms with Crippen molar-refractivity contribution in [2.24, 2.45) is 5.92 Å². The molecule has 0 saturated carbocycles. The van der Waals surface area contributed by atoms with Gasteiger partial charge in [-0.25, -0.2) is 4.79 Å². The first kappa shape index (κ1) is 22.2. The number of nitrogens with one attached hydrogen (secondary N) is 2. The molecule has 1 heterocycles. The first-order chi connectivity index (χ1) is 13.4. The van der Waals surface area contributed by atoms with Gasteiger partial charge >= 0.3 is 6.09 Å². The average molecular weight is 390 g/mol. The zero-order valence-electron chi connectivity index (χ0n) is 17.7. The predicted molar refractivity (Wildman–Crippen MR) is 111 cm³/mol. The normalized spacial score (nSPS) is 16.1. The zero-order valence-corrected chi connectivity index (χ0v) is 17.7. The van der Waals surface area contributed by atoms with E-state index in [4.69, 9.17) is 4.74 Å². The fraction of sp³-hybridized carbons (Fsp3) is 0.636. The van der Waals surface area contributed by atoms with Gasteiger partial charge in [0.05, 0.1) is 13.2 Å². The number of piperidine rings is 1. The van der Waals surface area contributed by atoms with Crippen LogP contribution in [0.3, 0.4) is 0 Å². The SMILES string of the molecule is CCOC(=O)N1CCC(NC(=O)CN[C@H](c2ccc(CC)cc2)C(C)C)CC1. The van der Waals surface area contributed by atoms with Crippen LogP contribution in [0.25, 0.3) is 0 Å². The Balaban J connectivity index is 1.79. The van der Waals surface area contributed by atoms with E-state index in [2.05, 4.69) is 55.7 Å². The highest BCUT2D eigenvalue weighted by Crippen LogP contribution is 2.22. The molecule has 1 aromatic rings. The number of rotatable bonds is 8. The Morgan fingerprint density at radius 2 is 1.79 bits per heavy atom. The maximum absolute atomic E-state index is 12.4. The second-order valence-corrected chi connectivity index (χ2v) is 7.73. The number of carbonyl (C=O) groups is 2. The maximum Gasteiger partial charge on any atom is 0.409 e. The molecule has 28 heavy (non-hydrogen) atoms. The van der Waals surface area contributed by atoms with E-state index in [1.165, 1.54) is 11.1 Å². The Morgan fingerprint density at radius 1 is 1.14 bits per heavy atom. The topological polar surface area (TPSA) is 70.7 Å². The minimum atomic E-state index is -0.261. The molecule has 2 amide bonds. The van der Waals surface area contributed by atoms with Crippen LogP contribution in [0.15, 0.2) is 24.3 Å². The first-order valence-corrected chi connectivity index (χ1v) is 10.5. The monoisotopic (exact) mass is 389 g/mol. The molecule has 0 bridgehead atoms. The lowest BCUT2D eigenvalue weighted by atomic mass is 9.95. The Morgan fingerprint density at radius 3 is 2.32 bits per heavy atom. The van der Waals surface area contributed by atoms with Crippen LogP contribution >= 0.6 is 0 Å². The highest BCUT2D eigenvalue weighted by molar-refractivity contribution is 5.78.